The third-order valence-corrected chi connectivity index (χ3v) is 17.9. The molecule has 89 heavy (non-hydrogen) atoms. The topological polar surface area (TPSA) is 124 Å². The number of amides is 2. The third-order valence-electron chi connectivity index (χ3n) is 17.9. The lowest BCUT2D eigenvalue weighted by molar-refractivity contribution is 0.0667. The van der Waals surface area contributed by atoms with E-state index in [-0.39, 0.29) is 38.2 Å². The number of fused-ring (bicyclic) bond motifs is 12. The van der Waals surface area contributed by atoms with E-state index in [2.05, 4.69) is 148 Å². The molecular weight excluding hydrogens is 1110 g/mol. The van der Waals surface area contributed by atoms with Gasteiger partial charge in [0, 0.05) is 155 Å². The van der Waals surface area contributed by atoms with Crippen molar-refractivity contribution in [2.75, 3.05) is 98.4 Å². The minimum atomic E-state index is -1.14. The van der Waals surface area contributed by atoms with Crippen LogP contribution in [0.1, 0.15) is 121 Å². The van der Waals surface area contributed by atoms with E-state index in [0.717, 1.165) is 108 Å². The summed E-state index contributed by atoms with van der Waals surface area (Å²) in [6.07, 6.45) is 3.43. The van der Waals surface area contributed by atoms with Crippen LogP contribution in [0.15, 0.2) is 180 Å². The molecule has 0 unspecified atom stereocenters. The van der Waals surface area contributed by atoms with Crippen LogP contribution in [-0.4, -0.2) is 113 Å². The molecule has 8 aromatic carbocycles. The molecule has 0 aromatic heterocycles. The minimum absolute atomic E-state index is 0.220. The lowest BCUT2D eigenvalue weighted by atomic mass is 9.75. The first-order valence-electron chi connectivity index (χ1n) is 31.5. The fourth-order valence-corrected chi connectivity index (χ4v) is 13.5. The largest absolute Gasteiger partial charge is 0.491 e. The van der Waals surface area contributed by atoms with Crippen LogP contribution in [0.5, 0.6) is 34.5 Å². The van der Waals surface area contributed by atoms with Gasteiger partial charge in [-0.3, -0.25) is 9.59 Å². The van der Waals surface area contributed by atoms with Gasteiger partial charge in [-0.15, -0.1) is 0 Å². The summed E-state index contributed by atoms with van der Waals surface area (Å²) >= 11 is 0. The number of hydrogen-bond acceptors (Lipinski definition) is 13. The van der Waals surface area contributed by atoms with Crippen molar-refractivity contribution in [1.82, 2.24) is 10.0 Å². The normalized spacial score (nSPS) is 14.5. The van der Waals surface area contributed by atoms with Gasteiger partial charge in [-0.25, -0.2) is 10.0 Å². The van der Waals surface area contributed by atoms with Gasteiger partial charge in [0.25, 0.3) is 11.8 Å². The van der Waals surface area contributed by atoms with Crippen LogP contribution in [0.25, 0.3) is 0 Å². The van der Waals surface area contributed by atoms with Gasteiger partial charge < -0.3 is 43.3 Å². The molecule has 0 N–H and O–H groups in total. The van der Waals surface area contributed by atoms with Crippen LogP contribution in [0, 0.1) is 0 Å². The molecule has 0 radical (unpaired) electrons. The Morgan fingerprint density at radius 2 is 0.685 bits per heavy atom. The Morgan fingerprint density at radius 1 is 0.382 bits per heavy atom. The highest BCUT2D eigenvalue weighted by Crippen LogP contribution is 2.60. The Balaban J connectivity index is 0.762. The average Bonchev–Trinajstić information content (AvgIpc) is 1.57. The maximum atomic E-state index is 15.0. The van der Waals surface area contributed by atoms with Crippen molar-refractivity contribution in [3.8, 4) is 34.5 Å². The zero-order valence-corrected chi connectivity index (χ0v) is 52.2. The first-order valence-corrected chi connectivity index (χ1v) is 31.5. The lowest BCUT2D eigenvalue weighted by Gasteiger charge is -2.42. The molecule has 2 spiro atoms. The van der Waals surface area contributed by atoms with E-state index >= 15 is 0 Å². The van der Waals surface area contributed by atoms with Crippen LogP contribution in [0.3, 0.4) is 0 Å². The predicted octanol–water partition coefficient (Wildman–Crippen LogP) is 14.3. The molecule has 0 atom stereocenters. The number of nitrogens with zero attached hydrogens (tertiary/aromatic N) is 8. The summed E-state index contributed by atoms with van der Waals surface area (Å²) in [6, 6.07) is 56.2. The van der Waals surface area contributed by atoms with Crippen molar-refractivity contribution in [2.45, 2.75) is 66.5 Å². The second kappa shape index (κ2) is 25.6. The van der Waals surface area contributed by atoms with E-state index in [0.29, 0.717) is 56.8 Å². The van der Waals surface area contributed by atoms with Crippen LogP contribution >= 0.6 is 0 Å². The molecule has 0 aliphatic carbocycles. The predicted molar refractivity (Wildman–Crippen MR) is 355 cm³/mol. The summed E-state index contributed by atoms with van der Waals surface area (Å²) in [5.41, 5.74) is 9.39. The van der Waals surface area contributed by atoms with Gasteiger partial charge in [0.1, 0.15) is 58.8 Å². The molecule has 15 heteroatoms. The number of carbonyl (C=O) groups excluding carboxylic acids is 2. The Labute approximate surface area is 522 Å². The summed E-state index contributed by atoms with van der Waals surface area (Å²) in [5, 5.41) is 13.5. The first-order chi connectivity index (χ1) is 43.6. The van der Waals surface area contributed by atoms with Gasteiger partial charge in [-0.05, 0) is 116 Å². The van der Waals surface area contributed by atoms with E-state index < -0.39 is 11.1 Å². The standard InChI is InChI=1S/C74H78N8O7/c1-9-77(10-2)53-33-37-61-67(45-53)88-68-46-54(78(11-3)12-4)34-38-62(68)73(61)59-29-21-19-27-57(59)71(83)81(73)75-49-51-25-17-23-31-65(51)86-43-41-85-42-44-87-66-32-24-18-26-52(66)50-76-82-72(84)58-28-20-22-30-60(58)74(82)63-39-35-55(79(13-5)14-6)47-69(63)89-70-48-56(36-40-64(70)74)80(15-7)16-8/h17-40,45-50H,9-16,41-44H2,1-8H3/b75-49+,76-50+. The fourth-order valence-electron chi connectivity index (χ4n) is 13.5. The molecule has 4 heterocycles. The maximum Gasteiger partial charge on any atom is 0.275 e. The summed E-state index contributed by atoms with van der Waals surface area (Å²) in [6.45, 7) is 24.9. The van der Waals surface area contributed by atoms with E-state index in [1.807, 2.05) is 97.1 Å². The second-order valence-electron chi connectivity index (χ2n) is 22.2. The van der Waals surface area contributed by atoms with Gasteiger partial charge in [-0.1, -0.05) is 84.9 Å². The first kappa shape index (κ1) is 59.7. The van der Waals surface area contributed by atoms with Crippen LogP contribution < -0.4 is 38.5 Å². The average molecular weight is 1190 g/mol. The number of ether oxygens (including phenoxy) is 5. The number of para-hydroxylation sites is 2. The van der Waals surface area contributed by atoms with Crippen LogP contribution in [0.2, 0.25) is 0 Å². The molecule has 12 rings (SSSR count). The van der Waals surface area contributed by atoms with Crippen LogP contribution in [0.4, 0.5) is 22.7 Å². The van der Waals surface area contributed by atoms with E-state index in [1.54, 1.807) is 22.4 Å². The molecule has 2 amide bonds. The van der Waals surface area contributed by atoms with Crippen LogP contribution in [-0.2, 0) is 15.8 Å². The lowest BCUT2D eigenvalue weighted by Crippen LogP contribution is -2.44. The summed E-state index contributed by atoms with van der Waals surface area (Å²) in [4.78, 5) is 39.1. The van der Waals surface area contributed by atoms with Crippen molar-refractivity contribution in [2.24, 2.45) is 10.2 Å². The quantitative estimate of drug-likeness (QED) is 0.0424. The SMILES string of the molecule is CCN(CC)c1ccc2c(c1)Oc1cc(N(CC)CC)ccc1C21c2ccccc2C(=O)N1/N=C/c1ccccc1OCCOCCOc1ccccc1/C=N/N1C(=O)c2ccccc2C12c1ccc(N(CC)CC)cc1Oc1cc(N(CC)CC)ccc12. The highest BCUT2D eigenvalue weighted by Gasteiger charge is 2.59. The highest BCUT2D eigenvalue weighted by atomic mass is 16.5. The Bertz CT molecular complexity index is 3600. The molecule has 4 aliphatic rings. The number of hydrazone groups is 2. The minimum Gasteiger partial charge on any atom is -0.491 e. The molecule has 8 aromatic rings. The summed E-state index contributed by atoms with van der Waals surface area (Å²) in [5.74, 6) is 3.44. The van der Waals surface area contributed by atoms with Gasteiger partial charge in [0.05, 0.1) is 25.6 Å². The van der Waals surface area contributed by atoms with Gasteiger partial charge in [0.15, 0.2) is 0 Å². The fraction of sp³-hybridized carbons (Fsp3) is 0.297. The second-order valence-corrected chi connectivity index (χ2v) is 22.2. The van der Waals surface area contributed by atoms with Crippen molar-refractivity contribution >= 4 is 47.0 Å². The molecule has 456 valence electrons. The maximum absolute atomic E-state index is 15.0. The molecule has 0 saturated carbocycles. The number of rotatable bonds is 24. The Kier molecular flexibility index (Phi) is 17.2. The molecule has 0 fully saturated rings. The third kappa shape index (κ3) is 10.3. The van der Waals surface area contributed by atoms with Gasteiger partial charge in [0.2, 0.25) is 0 Å². The van der Waals surface area contributed by atoms with Crippen molar-refractivity contribution < 1.29 is 33.3 Å². The molecule has 0 bridgehead atoms. The van der Waals surface area contributed by atoms with Crippen molar-refractivity contribution in [3.05, 3.63) is 225 Å². The Morgan fingerprint density at radius 3 is 1.01 bits per heavy atom. The highest BCUT2D eigenvalue weighted by molar-refractivity contribution is 6.04. The monoisotopic (exact) mass is 1190 g/mol. The van der Waals surface area contributed by atoms with E-state index in [1.165, 1.54) is 0 Å². The van der Waals surface area contributed by atoms with Gasteiger partial charge in [-0.2, -0.15) is 10.2 Å². The number of benzene rings is 8. The van der Waals surface area contributed by atoms with E-state index in [4.69, 9.17) is 33.9 Å². The molecular formula is C74H78N8O7. The zero-order chi connectivity index (χ0) is 61.8. The summed E-state index contributed by atoms with van der Waals surface area (Å²) in [7, 11) is 0. The number of hydrogen-bond donors (Lipinski definition) is 0. The molecule has 15 nitrogen and oxygen atoms in total. The molecule has 4 aliphatic heterocycles. The van der Waals surface area contributed by atoms with E-state index in [9.17, 15) is 9.59 Å². The van der Waals surface area contributed by atoms with Gasteiger partial charge >= 0.3 is 0 Å². The van der Waals surface area contributed by atoms with Crippen molar-refractivity contribution in [3.63, 3.8) is 0 Å². The Hall–Kier alpha value is -9.60. The number of anilines is 4. The number of carbonyl (C=O) groups is 2. The molecule has 0 saturated heterocycles. The smallest absolute Gasteiger partial charge is 0.275 e. The zero-order valence-electron chi connectivity index (χ0n) is 52.2. The summed E-state index contributed by atoms with van der Waals surface area (Å²) < 4.78 is 32.7. The van der Waals surface area contributed by atoms with Crippen molar-refractivity contribution in [1.29, 1.82) is 0 Å².